The second-order valence-corrected chi connectivity index (χ2v) is 12.5. The van der Waals surface area contributed by atoms with E-state index in [0.29, 0.717) is 5.65 Å². The summed E-state index contributed by atoms with van der Waals surface area (Å²) in [5, 5.41) is 0. The van der Waals surface area contributed by atoms with E-state index in [0.717, 1.165) is 79.5 Å². The summed E-state index contributed by atoms with van der Waals surface area (Å²) >= 11 is 0. The number of hydrogen-bond donors (Lipinski definition) is 0. The second-order valence-electron chi connectivity index (χ2n) is 12.5. The average Bonchev–Trinajstić information content (AvgIpc) is 3.84. The zero-order valence-corrected chi connectivity index (χ0v) is 25.3. The summed E-state index contributed by atoms with van der Waals surface area (Å²) in [6.45, 7) is 6.25. The average molecular weight is 569 g/mol. The van der Waals surface area contributed by atoms with Crippen LogP contribution in [0.5, 0.6) is 0 Å². The van der Waals surface area contributed by atoms with Crippen molar-refractivity contribution in [2.75, 3.05) is 58.3 Å². The summed E-state index contributed by atoms with van der Waals surface area (Å²) in [5.74, 6) is 0.985. The van der Waals surface area contributed by atoms with Crippen molar-refractivity contribution in [1.29, 1.82) is 0 Å². The van der Waals surface area contributed by atoms with E-state index >= 15 is 0 Å². The molecule has 6 nitrogen and oxygen atoms in total. The molecule has 1 aliphatic heterocycles. The van der Waals surface area contributed by atoms with E-state index in [-0.39, 0.29) is 5.41 Å². The van der Waals surface area contributed by atoms with Crippen LogP contribution in [0.15, 0.2) is 97.1 Å². The molecule has 1 aliphatic carbocycles. The molecule has 0 N–H and O–H groups in total. The third-order valence-electron chi connectivity index (χ3n) is 9.13. The van der Waals surface area contributed by atoms with E-state index in [1.165, 1.54) is 24.0 Å². The number of rotatable bonds is 9. The van der Waals surface area contributed by atoms with Crippen LogP contribution in [0, 0.1) is 0 Å². The van der Waals surface area contributed by atoms with E-state index in [2.05, 4.69) is 120 Å². The van der Waals surface area contributed by atoms with Gasteiger partial charge in [-0.15, -0.1) is 0 Å². The van der Waals surface area contributed by atoms with Crippen molar-refractivity contribution in [3.05, 3.63) is 108 Å². The fourth-order valence-electron chi connectivity index (χ4n) is 6.34. The first-order valence-electron chi connectivity index (χ1n) is 15.6. The minimum absolute atomic E-state index is 0.259. The van der Waals surface area contributed by atoms with Gasteiger partial charge in [0.1, 0.15) is 11.3 Å². The van der Waals surface area contributed by atoms with Crippen LogP contribution in [0.4, 0.5) is 5.82 Å². The summed E-state index contributed by atoms with van der Waals surface area (Å²) in [5.41, 5.74) is 8.55. The predicted molar refractivity (Wildman–Crippen MR) is 176 cm³/mol. The lowest BCUT2D eigenvalue weighted by Gasteiger charge is -2.35. The van der Waals surface area contributed by atoms with Gasteiger partial charge in [-0.25, -0.2) is 15.0 Å². The molecule has 0 amide bonds. The Kier molecular flexibility index (Phi) is 7.64. The largest absolute Gasteiger partial charge is 0.354 e. The topological polar surface area (TPSA) is 48.4 Å². The fourth-order valence-corrected chi connectivity index (χ4v) is 6.34. The Balaban J connectivity index is 1.17. The van der Waals surface area contributed by atoms with Gasteiger partial charge in [0.2, 0.25) is 0 Å². The summed E-state index contributed by atoms with van der Waals surface area (Å²) in [6, 6.07) is 34.6. The lowest BCUT2D eigenvalue weighted by atomic mass is 9.88. The Bertz CT molecular complexity index is 1670. The summed E-state index contributed by atoms with van der Waals surface area (Å²) in [6.07, 6.45) is 3.58. The van der Waals surface area contributed by atoms with Crippen LogP contribution in [0.2, 0.25) is 0 Å². The lowest BCUT2D eigenvalue weighted by Crippen LogP contribution is -2.48. The molecule has 0 radical (unpaired) electrons. The van der Waals surface area contributed by atoms with Gasteiger partial charge in [-0.1, -0.05) is 84.9 Å². The van der Waals surface area contributed by atoms with Gasteiger partial charge in [-0.3, -0.25) is 4.90 Å². The highest BCUT2D eigenvalue weighted by molar-refractivity contribution is 5.85. The van der Waals surface area contributed by atoms with Crippen molar-refractivity contribution in [3.8, 4) is 22.5 Å². The number of hydrogen-bond acceptors (Lipinski definition) is 6. The van der Waals surface area contributed by atoms with Crippen LogP contribution in [-0.4, -0.2) is 78.1 Å². The highest BCUT2D eigenvalue weighted by atomic mass is 15.3. The molecular formula is C37H40N6. The normalized spacial score (nSPS) is 16.6. The number of aromatic nitrogens is 3. The van der Waals surface area contributed by atoms with Gasteiger partial charge >= 0.3 is 0 Å². The highest BCUT2D eigenvalue weighted by Crippen LogP contribution is 2.51. The molecule has 6 heteroatoms. The maximum absolute atomic E-state index is 5.18. The molecule has 3 heterocycles. The zero-order chi connectivity index (χ0) is 29.2. The molecule has 5 aromatic rings. The maximum Gasteiger partial charge on any atom is 0.180 e. The quantitative estimate of drug-likeness (QED) is 0.208. The number of pyridine rings is 1. The van der Waals surface area contributed by atoms with Crippen LogP contribution in [0.3, 0.4) is 0 Å². The first-order valence-corrected chi connectivity index (χ1v) is 15.6. The molecule has 2 aliphatic rings. The van der Waals surface area contributed by atoms with Gasteiger partial charge < -0.3 is 9.80 Å². The summed E-state index contributed by atoms with van der Waals surface area (Å²) in [4.78, 5) is 22.5. The van der Waals surface area contributed by atoms with Crippen LogP contribution in [0.1, 0.15) is 24.0 Å². The second kappa shape index (κ2) is 11.9. The van der Waals surface area contributed by atoms with Crippen molar-refractivity contribution in [3.63, 3.8) is 0 Å². The molecule has 2 fully saturated rings. The number of nitrogens with zero attached hydrogens (tertiary/aromatic N) is 6. The first-order chi connectivity index (χ1) is 21.1. The molecule has 1 saturated carbocycles. The van der Waals surface area contributed by atoms with Gasteiger partial charge in [0, 0.05) is 50.4 Å². The number of piperazine rings is 1. The van der Waals surface area contributed by atoms with Gasteiger partial charge in [0.05, 0.1) is 11.4 Å². The number of anilines is 1. The maximum atomic E-state index is 5.18. The van der Waals surface area contributed by atoms with Gasteiger partial charge in [0.15, 0.2) is 5.65 Å². The number of likely N-dealkylation sites (N-methyl/N-ethyl adjacent to an activating group) is 1. The van der Waals surface area contributed by atoms with E-state index in [4.69, 9.17) is 15.0 Å². The lowest BCUT2D eigenvalue weighted by molar-refractivity contribution is 0.229. The third kappa shape index (κ3) is 6.03. The number of fused-ring (bicyclic) bond motifs is 1. The van der Waals surface area contributed by atoms with Crippen LogP contribution >= 0.6 is 0 Å². The summed E-state index contributed by atoms with van der Waals surface area (Å²) in [7, 11) is 4.27. The number of benzene rings is 3. The fraction of sp³-hybridized carbons (Fsp3) is 0.324. The molecule has 0 spiro atoms. The van der Waals surface area contributed by atoms with E-state index in [1.54, 1.807) is 0 Å². The Labute approximate surface area is 255 Å². The van der Waals surface area contributed by atoms with Gasteiger partial charge in [-0.2, -0.15) is 0 Å². The Morgan fingerprint density at radius 3 is 2.00 bits per heavy atom. The van der Waals surface area contributed by atoms with Crippen LogP contribution in [-0.2, 0) is 11.8 Å². The van der Waals surface area contributed by atoms with Gasteiger partial charge in [-0.05, 0) is 62.0 Å². The zero-order valence-electron chi connectivity index (χ0n) is 25.3. The minimum atomic E-state index is 0.259. The van der Waals surface area contributed by atoms with Crippen molar-refractivity contribution in [1.82, 2.24) is 24.8 Å². The van der Waals surface area contributed by atoms with Crippen molar-refractivity contribution in [2.24, 2.45) is 0 Å². The Morgan fingerprint density at radius 1 is 0.674 bits per heavy atom. The standard InChI is InChI=1S/C37H40N6/c1-41(2)21-22-42-23-25-43(26-24-42)33-18-17-32-36(39-33)40-35(29-11-7-4-8-12-29)34(38-32)30-13-15-31(16-14-30)37(19-20-37)27-28-9-5-3-6-10-28/h3-18H,19-27H2,1-2H3. The molecule has 0 bridgehead atoms. The van der Waals surface area contributed by atoms with E-state index in [1.807, 2.05) is 6.07 Å². The molecule has 1 saturated heterocycles. The molecule has 3 aromatic carbocycles. The Morgan fingerprint density at radius 2 is 1.33 bits per heavy atom. The minimum Gasteiger partial charge on any atom is -0.354 e. The monoisotopic (exact) mass is 568 g/mol. The van der Waals surface area contributed by atoms with Crippen LogP contribution in [0.25, 0.3) is 33.7 Å². The van der Waals surface area contributed by atoms with Crippen molar-refractivity contribution >= 4 is 17.0 Å². The van der Waals surface area contributed by atoms with Crippen LogP contribution < -0.4 is 4.90 Å². The smallest absolute Gasteiger partial charge is 0.180 e. The predicted octanol–water partition coefficient (Wildman–Crippen LogP) is 6.32. The molecule has 218 valence electrons. The van der Waals surface area contributed by atoms with E-state index < -0.39 is 0 Å². The SMILES string of the molecule is CN(C)CCN1CCN(c2ccc3nc(-c4ccc(C5(Cc6ccccc6)CC5)cc4)c(-c4ccccc4)nc3n2)CC1. The molecule has 0 unspecified atom stereocenters. The Hall–Kier alpha value is -4.13. The van der Waals surface area contributed by atoms with E-state index in [9.17, 15) is 0 Å². The van der Waals surface area contributed by atoms with Gasteiger partial charge in [0.25, 0.3) is 0 Å². The third-order valence-corrected chi connectivity index (χ3v) is 9.13. The first kappa shape index (κ1) is 27.7. The highest BCUT2D eigenvalue weighted by Gasteiger charge is 2.43. The molecule has 2 aromatic heterocycles. The molecule has 0 atom stereocenters. The van der Waals surface area contributed by atoms with Crippen molar-refractivity contribution < 1.29 is 0 Å². The summed E-state index contributed by atoms with van der Waals surface area (Å²) < 4.78 is 0. The molecular weight excluding hydrogens is 528 g/mol. The van der Waals surface area contributed by atoms with Crippen molar-refractivity contribution in [2.45, 2.75) is 24.7 Å². The molecule has 7 rings (SSSR count). The molecule has 43 heavy (non-hydrogen) atoms.